The number of carboxylic acid groups (broad SMARTS) is 1. The van der Waals surface area contributed by atoms with Gasteiger partial charge in [0.25, 0.3) is 0 Å². The lowest BCUT2D eigenvalue weighted by molar-refractivity contribution is -0.133. The molecule has 0 rings (SSSR count). The molecular formula is C6H10O7SSi. The van der Waals surface area contributed by atoms with E-state index in [0.29, 0.717) is 0 Å². The maximum absolute atomic E-state index is 11.1. The quantitative estimate of drug-likeness (QED) is 0.389. The Morgan fingerprint density at radius 3 is 2.07 bits per heavy atom. The summed E-state index contributed by atoms with van der Waals surface area (Å²) in [5.41, 5.74) is 0. The van der Waals surface area contributed by atoms with Crippen LogP contribution in [0.15, 0.2) is 11.0 Å². The Bertz CT molecular complexity index is 394. The first-order chi connectivity index (χ1) is 6.64. The molecular weight excluding hydrogens is 244 g/mol. The number of carbonyl (C=O) groups is 2. The Morgan fingerprint density at radius 2 is 1.80 bits per heavy atom. The van der Waals surface area contributed by atoms with Crippen LogP contribution < -0.4 is 0 Å². The van der Waals surface area contributed by atoms with Crippen LogP contribution in [-0.2, 0) is 24.1 Å². The van der Waals surface area contributed by atoms with Crippen molar-refractivity contribution in [3.63, 3.8) is 0 Å². The highest BCUT2D eigenvalue weighted by Gasteiger charge is 2.26. The van der Waals surface area contributed by atoms with Crippen molar-refractivity contribution in [2.24, 2.45) is 0 Å². The van der Waals surface area contributed by atoms with E-state index in [9.17, 15) is 18.0 Å². The molecule has 0 aromatic rings. The molecule has 9 heteroatoms. The summed E-state index contributed by atoms with van der Waals surface area (Å²) in [6, 6.07) is 0. The highest BCUT2D eigenvalue weighted by atomic mass is 32.2. The summed E-state index contributed by atoms with van der Waals surface area (Å²) < 4.78 is 34.4. The average Bonchev–Trinajstić information content (AvgIpc) is 1.95. The molecule has 0 aromatic carbocycles. The van der Waals surface area contributed by atoms with Crippen LogP contribution in [0.5, 0.6) is 0 Å². The maximum atomic E-state index is 11.1. The molecule has 2 N–H and O–H groups in total. The van der Waals surface area contributed by atoms with Gasteiger partial charge in [0.15, 0.2) is 4.91 Å². The van der Waals surface area contributed by atoms with Crippen LogP contribution in [0.4, 0.5) is 0 Å². The van der Waals surface area contributed by atoms with Gasteiger partial charge >= 0.3 is 22.1 Å². The topological polar surface area (TPSA) is 118 Å². The Kier molecular flexibility index (Phi) is 4.65. The molecule has 0 fully saturated rings. The van der Waals surface area contributed by atoms with Crippen molar-refractivity contribution in [1.82, 2.24) is 0 Å². The van der Waals surface area contributed by atoms with Crippen molar-refractivity contribution in [2.45, 2.75) is 13.1 Å². The largest absolute Gasteiger partial charge is 0.519 e. The van der Waals surface area contributed by atoms with E-state index in [4.69, 9.17) is 9.66 Å². The fraction of sp³-hybridized carbons (Fsp3) is 0.333. The highest BCUT2D eigenvalue weighted by Crippen LogP contribution is 2.07. The molecule has 7 nitrogen and oxygen atoms in total. The van der Waals surface area contributed by atoms with Crippen LogP contribution in [0.3, 0.4) is 0 Å². The minimum atomic E-state index is -4.88. The van der Waals surface area contributed by atoms with E-state index in [0.717, 1.165) is 0 Å². The second-order valence-corrected chi connectivity index (χ2v) is 6.50. The lowest BCUT2D eigenvalue weighted by Gasteiger charge is -2.07. The van der Waals surface area contributed by atoms with E-state index in [-0.39, 0.29) is 6.08 Å². The summed E-state index contributed by atoms with van der Waals surface area (Å²) in [6.07, 6.45) is 0.0917. The predicted octanol–water partition coefficient (Wildman–Crippen LogP) is -0.631. The summed E-state index contributed by atoms with van der Waals surface area (Å²) in [5.74, 6) is -3.01. The molecule has 0 aromatic heterocycles. The monoisotopic (exact) mass is 254 g/mol. The third-order valence-electron chi connectivity index (χ3n) is 1.08. The van der Waals surface area contributed by atoms with Crippen LogP contribution >= 0.6 is 0 Å². The average molecular weight is 254 g/mol. The van der Waals surface area contributed by atoms with Crippen molar-refractivity contribution in [2.75, 3.05) is 0 Å². The molecule has 86 valence electrons. The van der Waals surface area contributed by atoms with Crippen LogP contribution in [0.1, 0.15) is 0 Å². The summed E-state index contributed by atoms with van der Waals surface area (Å²) in [5, 5.41) is 8.28. The van der Waals surface area contributed by atoms with Gasteiger partial charge in [0.2, 0.25) is 9.04 Å². The van der Waals surface area contributed by atoms with E-state index in [1.54, 1.807) is 13.1 Å². The molecule has 0 aliphatic rings. The first-order valence-electron chi connectivity index (χ1n) is 3.77. The minimum Gasteiger partial charge on any atom is -0.519 e. The zero-order valence-corrected chi connectivity index (χ0v) is 9.97. The van der Waals surface area contributed by atoms with Gasteiger partial charge in [-0.05, 0) is 13.1 Å². The fourth-order valence-electron chi connectivity index (χ4n) is 0.623. The summed E-state index contributed by atoms with van der Waals surface area (Å²) in [6.45, 7) is 3.17. The maximum Gasteiger partial charge on any atom is 0.339 e. The minimum absolute atomic E-state index is 0.0917. The van der Waals surface area contributed by atoms with E-state index in [1.807, 2.05) is 0 Å². The predicted molar refractivity (Wildman–Crippen MR) is 52.2 cm³/mol. The highest BCUT2D eigenvalue weighted by molar-refractivity contribution is 7.90. The molecule has 0 aliphatic heterocycles. The van der Waals surface area contributed by atoms with E-state index in [2.05, 4.69) is 4.43 Å². The van der Waals surface area contributed by atoms with Crippen molar-refractivity contribution in [3.05, 3.63) is 11.0 Å². The lowest BCUT2D eigenvalue weighted by atomic mass is 10.5. The number of hydrogen-bond acceptors (Lipinski definition) is 5. The number of aliphatic carboxylic acids is 1. The molecule has 0 heterocycles. The van der Waals surface area contributed by atoms with Crippen LogP contribution in [0.25, 0.3) is 0 Å². The normalized spacial score (nSPS) is 12.7. The van der Waals surface area contributed by atoms with Gasteiger partial charge in [-0.1, -0.05) is 0 Å². The molecule has 0 radical (unpaired) electrons. The number of hydrogen-bond donors (Lipinski definition) is 2. The van der Waals surface area contributed by atoms with Crippen molar-refractivity contribution in [3.8, 4) is 0 Å². The molecule has 0 amide bonds. The van der Waals surface area contributed by atoms with E-state index in [1.165, 1.54) is 0 Å². The zero-order valence-electron chi connectivity index (χ0n) is 8.00. The van der Waals surface area contributed by atoms with Crippen LogP contribution in [0, 0.1) is 0 Å². The molecule has 0 saturated carbocycles. The summed E-state index contributed by atoms with van der Waals surface area (Å²) in [4.78, 5) is 20.0. The molecule has 0 unspecified atom stereocenters. The van der Waals surface area contributed by atoms with Gasteiger partial charge in [-0.25, -0.2) is 9.59 Å². The Labute approximate surface area is 87.8 Å². The van der Waals surface area contributed by atoms with Crippen molar-refractivity contribution < 1.29 is 32.1 Å². The van der Waals surface area contributed by atoms with Crippen molar-refractivity contribution >= 4 is 31.1 Å². The lowest BCUT2D eigenvalue weighted by Crippen LogP contribution is -2.22. The van der Waals surface area contributed by atoms with Gasteiger partial charge in [0, 0.05) is 0 Å². The first kappa shape index (κ1) is 13.8. The SMILES string of the molecule is C[SiH](C)OC(=O)/C(=C/C(=O)O)S(=O)(=O)O. The number of carboxylic acids is 1. The standard InChI is InChI=1S/C6H10O7SSi/c1-15(2)13-6(9)4(3-5(7)8)14(10,11)12/h3,15H,1-2H3,(H,7,8)(H,10,11,12)/b4-3-. The first-order valence-corrected chi connectivity index (χ1v) is 7.99. The third kappa shape index (κ3) is 5.30. The second kappa shape index (κ2) is 5.05. The smallest absolute Gasteiger partial charge is 0.339 e. The number of rotatable bonds is 4. The van der Waals surface area contributed by atoms with Crippen LogP contribution in [0.2, 0.25) is 13.1 Å². The van der Waals surface area contributed by atoms with Gasteiger partial charge in [0.05, 0.1) is 6.08 Å². The Morgan fingerprint density at radius 1 is 1.33 bits per heavy atom. The molecule has 0 spiro atoms. The summed E-state index contributed by atoms with van der Waals surface area (Å²) in [7, 11) is -6.74. The van der Waals surface area contributed by atoms with Gasteiger partial charge in [0.1, 0.15) is 0 Å². The third-order valence-corrected chi connectivity index (χ3v) is 2.60. The molecule has 0 saturated heterocycles. The van der Waals surface area contributed by atoms with Crippen molar-refractivity contribution in [1.29, 1.82) is 0 Å². The zero-order chi connectivity index (χ0) is 12.2. The van der Waals surface area contributed by atoms with Gasteiger partial charge < -0.3 is 9.53 Å². The molecule has 15 heavy (non-hydrogen) atoms. The van der Waals surface area contributed by atoms with Gasteiger partial charge in [-0.15, -0.1) is 0 Å². The molecule has 0 atom stereocenters. The fourth-order valence-corrected chi connectivity index (χ4v) is 1.77. The van der Waals surface area contributed by atoms with Gasteiger partial charge in [-0.2, -0.15) is 8.42 Å². The van der Waals surface area contributed by atoms with E-state index < -0.39 is 36.0 Å². The Balaban J connectivity index is 5.16. The van der Waals surface area contributed by atoms with E-state index >= 15 is 0 Å². The van der Waals surface area contributed by atoms with Gasteiger partial charge in [-0.3, -0.25) is 4.55 Å². The Hall–Kier alpha value is -1.19. The summed E-state index contributed by atoms with van der Waals surface area (Å²) >= 11 is 0. The molecule has 0 bridgehead atoms. The number of carbonyl (C=O) groups excluding carboxylic acids is 1. The van der Waals surface area contributed by atoms with Crippen LogP contribution in [-0.4, -0.2) is 39.1 Å². The molecule has 0 aliphatic carbocycles. The second-order valence-electron chi connectivity index (χ2n) is 2.78.